The standard InChI is InChI=1S/C18H27N/c1-15(2)8-7-9-16(3)12-13-18(19)14-17-10-5-4-6-11-17/h4-6,8,10-12,18H,7,9,13-14,19H2,1-3H3. The minimum absolute atomic E-state index is 0.223. The Labute approximate surface area is 118 Å². The lowest BCUT2D eigenvalue weighted by Crippen LogP contribution is -2.21. The Morgan fingerprint density at radius 3 is 2.42 bits per heavy atom. The molecule has 1 unspecified atom stereocenters. The minimum atomic E-state index is 0.223. The van der Waals surface area contributed by atoms with Gasteiger partial charge in [-0.2, -0.15) is 0 Å². The molecule has 0 aliphatic heterocycles. The van der Waals surface area contributed by atoms with Crippen molar-refractivity contribution in [2.75, 3.05) is 0 Å². The predicted molar refractivity (Wildman–Crippen MR) is 85.2 cm³/mol. The molecule has 0 radical (unpaired) electrons. The van der Waals surface area contributed by atoms with Gasteiger partial charge in [-0.05, 0) is 52.0 Å². The van der Waals surface area contributed by atoms with E-state index in [-0.39, 0.29) is 6.04 Å². The molecule has 1 heteroatoms. The van der Waals surface area contributed by atoms with E-state index in [0.717, 1.165) is 25.7 Å². The van der Waals surface area contributed by atoms with Crippen LogP contribution in [-0.2, 0) is 6.42 Å². The number of rotatable bonds is 7. The Morgan fingerprint density at radius 1 is 1.11 bits per heavy atom. The van der Waals surface area contributed by atoms with Crippen molar-refractivity contribution in [1.29, 1.82) is 0 Å². The third kappa shape index (κ3) is 7.63. The minimum Gasteiger partial charge on any atom is -0.327 e. The van der Waals surface area contributed by atoms with Gasteiger partial charge in [0.05, 0.1) is 0 Å². The van der Waals surface area contributed by atoms with Gasteiger partial charge in [-0.3, -0.25) is 0 Å². The van der Waals surface area contributed by atoms with Crippen molar-refractivity contribution in [2.45, 2.75) is 52.5 Å². The molecule has 0 aromatic heterocycles. The SMILES string of the molecule is CC(C)=CCCC(C)=CCC(N)Cc1ccccc1. The van der Waals surface area contributed by atoms with E-state index in [2.05, 4.69) is 57.2 Å². The van der Waals surface area contributed by atoms with Gasteiger partial charge in [-0.15, -0.1) is 0 Å². The molecule has 1 aromatic rings. The van der Waals surface area contributed by atoms with Crippen LogP contribution in [0, 0.1) is 0 Å². The van der Waals surface area contributed by atoms with Crippen LogP contribution in [0.15, 0.2) is 53.6 Å². The van der Waals surface area contributed by atoms with E-state index in [1.165, 1.54) is 16.7 Å². The lowest BCUT2D eigenvalue weighted by Gasteiger charge is -2.09. The van der Waals surface area contributed by atoms with E-state index in [9.17, 15) is 0 Å². The summed E-state index contributed by atoms with van der Waals surface area (Å²) >= 11 is 0. The molecule has 0 amide bonds. The van der Waals surface area contributed by atoms with Crippen LogP contribution in [0.2, 0.25) is 0 Å². The Bertz CT molecular complexity index is 411. The molecule has 1 aromatic carbocycles. The Hall–Kier alpha value is -1.34. The number of benzene rings is 1. The lowest BCUT2D eigenvalue weighted by molar-refractivity contribution is 0.675. The summed E-state index contributed by atoms with van der Waals surface area (Å²) in [4.78, 5) is 0. The summed E-state index contributed by atoms with van der Waals surface area (Å²) in [5, 5.41) is 0. The van der Waals surface area contributed by atoms with Gasteiger partial charge in [0.2, 0.25) is 0 Å². The molecular weight excluding hydrogens is 230 g/mol. The van der Waals surface area contributed by atoms with Crippen molar-refractivity contribution in [3.05, 3.63) is 59.2 Å². The van der Waals surface area contributed by atoms with E-state index >= 15 is 0 Å². The van der Waals surface area contributed by atoms with Crippen molar-refractivity contribution >= 4 is 0 Å². The van der Waals surface area contributed by atoms with E-state index in [4.69, 9.17) is 5.73 Å². The van der Waals surface area contributed by atoms with E-state index in [1.54, 1.807) is 0 Å². The summed E-state index contributed by atoms with van der Waals surface area (Å²) < 4.78 is 0. The second-order valence-electron chi connectivity index (χ2n) is 5.56. The number of hydrogen-bond donors (Lipinski definition) is 1. The van der Waals surface area contributed by atoms with Gasteiger partial charge < -0.3 is 5.73 Å². The molecular formula is C18H27N. The van der Waals surface area contributed by atoms with Gasteiger partial charge in [-0.25, -0.2) is 0 Å². The second-order valence-corrected chi connectivity index (χ2v) is 5.56. The van der Waals surface area contributed by atoms with Gasteiger partial charge in [0.15, 0.2) is 0 Å². The summed E-state index contributed by atoms with van der Waals surface area (Å²) in [7, 11) is 0. The van der Waals surface area contributed by atoms with Crippen molar-refractivity contribution in [3.63, 3.8) is 0 Å². The maximum atomic E-state index is 6.17. The van der Waals surface area contributed by atoms with Crippen molar-refractivity contribution in [3.8, 4) is 0 Å². The first-order valence-corrected chi connectivity index (χ1v) is 7.16. The summed E-state index contributed by atoms with van der Waals surface area (Å²) in [5.74, 6) is 0. The fourth-order valence-electron chi connectivity index (χ4n) is 2.04. The fraction of sp³-hybridized carbons (Fsp3) is 0.444. The third-order valence-electron chi connectivity index (χ3n) is 3.20. The first-order chi connectivity index (χ1) is 9.08. The first kappa shape index (κ1) is 15.7. The van der Waals surface area contributed by atoms with Gasteiger partial charge in [0.25, 0.3) is 0 Å². The van der Waals surface area contributed by atoms with E-state index in [1.807, 2.05) is 6.07 Å². The zero-order valence-corrected chi connectivity index (χ0v) is 12.5. The first-order valence-electron chi connectivity index (χ1n) is 7.16. The molecule has 1 atom stereocenters. The van der Waals surface area contributed by atoms with Crippen LogP contribution >= 0.6 is 0 Å². The summed E-state index contributed by atoms with van der Waals surface area (Å²) in [6.45, 7) is 6.50. The van der Waals surface area contributed by atoms with Crippen LogP contribution in [0.25, 0.3) is 0 Å². The highest BCUT2D eigenvalue weighted by atomic mass is 14.6. The topological polar surface area (TPSA) is 26.0 Å². The van der Waals surface area contributed by atoms with Crippen molar-refractivity contribution in [1.82, 2.24) is 0 Å². The van der Waals surface area contributed by atoms with Gasteiger partial charge in [-0.1, -0.05) is 53.6 Å². The number of allylic oxidation sites excluding steroid dienone is 3. The molecule has 0 bridgehead atoms. The van der Waals surface area contributed by atoms with Crippen LogP contribution < -0.4 is 5.73 Å². The molecule has 0 spiro atoms. The largest absolute Gasteiger partial charge is 0.327 e. The molecule has 1 nitrogen and oxygen atoms in total. The molecule has 0 fully saturated rings. The average molecular weight is 257 g/mol. The quantitative estimate of drug-likeness (QED) is 0.708. The predicted octanol–water partition coefficient (Wildman–Crippen LogP) is 4.64. The normalized spacial score (nSPS) is 13.2. The van der Waals surface area contributed by atoms with E-state index in [0.29, 0.717) is 0 Å². The second kappa shape index (κ2) is 8.71. The summed E-state index contributed by atoms with van der Waals surface area (Å²) in [6, 6.07) is 10.7. The molecule has 0 saturated carbocycles. The van der Waals surface area contributed by atoms with Crippen LogP contribution in [0.3, 0.4) is 0 Å². The number of hydrogen-bond acceptors (Lipinski definition) is 1. The summed E-state index contributed by atoms with van der Waals surface area (Å²) in [6.07, 6.45) is 8.80. The van der Waals surface area contributed by atoms with Crippen LogP contribution in [-0.4, -0.2) is 6.04 Å². The molecule has 19 heavy (non-hydrogen) atoms. The molecule has 0 aliphatic carbocycles. The fourth-order valence-corrected chi connectivity index (χ4v) is 2.04. The Kier molecular flexibility index (Phi) is 7.20. The highest BCUT2D eigenvalue weighted by Gasteiger charge is 2.02. The summed E-state index contributed by atoms with van der Waals surface area (Å²) in [5.41, 5.74) is 10.3. The van der Waals surface area contributed by atoms with Crippen LogP contribution in [0.4, 0.5) is 0 Å². The van der Waals surface area contributed by atoms with Crippen LogP contribution in [0.5, 0.6) is 0 Å². The smallest absolute Gasteiger partial charge is 0.0114 e. The monoisotopic (exact) mass is 257 g/mol. The third-order valence-corrected chi connectivity index (χ3v) is 3.20. The Balaban J connectivity index is 2.32. The van der Waals surface area contributed by atoms with Gasteiger partial charge in [0.1, 0.15) is 0 Å². The highest BCUT2D eigenvalue weighted by Crippen LogP contribution is 2.10. The lowest BCUT2D eigenvalue weighted by atomic mass is 10.0. The molecule has 2 N–H and O–H groups in total. The van der Waals surface area contributed by atoms with Crippen molar-refractivity contribution < 1.29 is 0 Å². The van der Waals surface area contributed by atoms with Gasteiger partial charge in [0, 0.05) is 6.04 Å². The number of nitrogens with two attached hydrogens (primary N) is 1. The Morgan fingerprint density at radius 2 is 1.79 bits per heavy atom. The molecule has 0 saturated heterocycles. The van der Waals surface area contributed by atoms with Crippen LogP contribution in [0.1, 0.15) is 45.6 Å². The molecule has 0 heterocycles. The molecule has 1 rings (SSSR count). The van der Waals surface area contributed by atoms with Gasteiger partial charge >= 0.3 is 0 Å². The zero-order chi connectivity index (χ0) is 14.1. The van der Waals surface area contributed by atoms with Crippen molar-refractivity contribution in [2.24, 2.45) is 5.73 Å². The maximum absolute atomic E-state index is 6.17. The average Bonchev–Trinajstić information content (AvgIpc) is 2.37. The maximum Gasteiger partial charge on any atom is 0.0114 e. The van der Waals surface area contributed by atoms with E-state index < -0.39 is 0 Å². The molecule has 0 aliphatic rings. The zero-order valence-electron chi connectivity index (χ0n) is 12.5. The highest BCUT2D eigenvalue weighted by molar-refractivity contribution is 5.16. The molecule has 104 valence electrons.